The summed E-state index contributed by atoms with van der Waals surface area (Å²) in [6.45, 7) is 0.488. The number of nitrogens with zero attached hydrogens (tertiary/aromatic N) is 2. The Hall–Kier alpha value is -2.96. The molecule has 158 valence electrons. The Morgan fingerprint density at radius 3 is 2.50 bits per heavy atom. The molecule has 7 nitrogen and oxygen atoms in total. The number of piperidine rings is 1. The molecule has 9 heteroatoms. The van der Waals surface area contributed by atoms with Crippen LogP contribution >= 0.6 is 0 Å². The summed E-state index contributed by atoms with van der Waals surface area (Å²) in [6, 6.07) is 13.2. The van der Waals surface area contributed by atoms with Gasteiger partial charge in [-0.3, -0.25) is 4.79 Å². The summed E-state index contributed by atoms with van der Waals surface area (Å²) in [5, 5.41) is 8.77. The van der Waals surface area contributed by atoms with Gasteiger partial charge in [-0.15, -0.1) is 0 Å². The van der Waals surface area contributed by atoms with Gasteiger partial charge in [-0.05, 0) is 61.4 Å². The predicted octanol–water partition coefficient (Wildman–Crippen LogP) is 2.72. The normalized spacial score (nSPS) is 17.1. The van der Waals surface area contributed by atoms with E-state index in [0.717, 1.165) is 12.1 Å². The quantitative estimate of drug-likeness (QED) is 0.493. The van der Waals surface area contributed by atoms with Gasteiger partial charge in [-0.25, -0.2) is 12.8 Å². The van der Waals surface area contributed by atoms with Gasteiger partial charge in [-0.2, -0.15) is 9.57 Å². The molecule has 2 aromatic carbocycles. The first-order chi connectivity index (χ1) is 14.4. The van der Waals surface area contributed by atoms with E-state index in [1.165, 1.54) is 16.4 Å². The molecule has 0 amide bonds. The molecule has 0 saturated carbocycles. The summed E-state index contributed by atoms with van der Waals surface area (Å²) >= 11 is 0. The van der Waals surface area contributed by atoms with Gasteiger partial charge in [0.2, 0.25) is 10.0 Å². The number of benzene rings is 2. The minimum absolute atomic E-state index is 0.00580. The minimum Gasteiger partial charge on any atom is -0.490 e. The van der Waals surface area contributed by atoms with Gasteiger partial charge in [-0.1, -0.05) is 0 Å². The first-order valence-corrected chi connectivity index (χ1v) is 10.9. The largest absolute Gasteiger partial charge is 0.490 e. The molecule has 1 atom stereocenters. The van der Waals surface area contributed by atoms with Crippen LogP contribution in [0.25, 0.3) is 0 Å². The summed E-state index contributed by atoms with van der Waals surface area (Å²) in [7, 11) is -3.80. The van der Waals surface area contributed by atoms with Crippen molar-refractivity contribution in [2.24, 2.45) is 5.92 Å². The zero-order chi connectivity index (χ0) is 21.6. The van der Waals surface area contributed by atoms with Crippen LogP contribution in [0.5, 0.6) is 5.75 Å². The molecule has 0 aliphatic carbocycles. The number of hydrogen-bond donors (Lipinski definition) is 0. The lowest BCUT2D eigenvalue weighted by Crippen LogP contribution is -2.42. The maximum Gasteiger partial charge on any atom is 0.310 e. The number of esters is 1. The van der Waals surface area contributed by atoms with Crippen LogP contribution in [0.3, 0.4) is 0 Å². The van der Waals surface area contributed by atoms with E-state index in [1.807, 2.05) is 6.07 Å². The molecule has 1 aliphatic rings. The van der Waals surface area contributed by atoms with E-state index >= 15 is 0 Å². The smallest absolute Gasteiger partial charge is 0.310 e. The number of halogens is 1. The van der Waals surface area contributed by atoms with Crippen molar-refractivity contribution >= 4 is 16.0 Å². The zero-order valence-electron chi connectivity index (χ0n) is 16.2. The number of sulfonamides is 1. The van der Waals surface area contributed by atoms with Crippen molar-refractivity contribution in [3.8, 4) is 11.8 Å². The topological polar surface area (TPSA) is 96.7 Å². The van der Waals surface area contributed by atoms with Crippen LogP contribution < -0.4 is 4.74 Å². The number of carbonyl (C=O) groups excluding carboxylic acids is 1. The number of hydrogen-bond acceptors (Lipinski definition) is 6. The summed E-state index contributed by atoms with van der Waals surface area (Å²) in [5.74, 6) is -1.00. The predicted molar refractivity (Wildman–Crippen MR) is 105 cm³/mol. The molecule has 1 heterocycles. The van der Waals surface area contributed by atoms with E-state index in [2.05, 4.69) is 0 Å². The lowest BCUT2D eigenvalue weighted by Gasteiger charge is -2.30. The molecule has 1 aliphatic heterocycles. The Morgan fingerprint density at radius 1 is 1.13 bits per heavy atom. The van der Waals surface area contributed by atoms with Crippen LogP contribution in [0.2, 0.25) is 0 Å². The molecule has 1 saturated heterocycles. The van der Waals surface area contributed by atoms with Gasteiger partial charge < -0.3 is 9.47 Å². The van der Waals surface area contributed by atoms with Crippen molar-refractivity contribution in [2.75, 3.05) is 26.3 Å². The Balaban J connectivity index is 1.50. The molecule has 0 radical (unpaired) electrons. The van der Waals surface area contributed by atoms with E-state index in [-0.39, 0.29) is 24.7 Å². The van der Waals surface area contributed by atoms with Gasteiger partial charge in [0.25, 0.3) is 0 Å². The highest BCUT2D eigenvalue weighted by atomic mass is 32.2. The van der Waals surface area contributed by atoms with Crippen LogP contribution in [0.15, 0.2) is 53.4 Å². The van der Waals surface area contributed by atoms with Crippen LogP contribution in [-0.2, 0) is 19.6 Å². The van der Waals surface area contributed by atoms with Crippen molar-refractivity contribution in [3.63, 3.8) is 0 Å². The van der Waals surface area contributed by atoms with Gasteiger partial charge >= 0.3 is 5.97 Å². The Bertz CT molecular complexity index is 1020. The second kappa shape index (κ2) is 9.69. The number of ether oxygens (including phenoxy) is 2. The van der Waals surface area contributed by atoms with E-state index in [1.54, 1.807) is 24.3 Å². The van der Waals surface area contributed by atoms with Crippen LogP contribution in [0.4, 0.5) is 4.39 Å². The average molecular weight is 432 g/mol. The van der Waals surface area contributed by atoms with Crippen LogP contribution in [0.1, 0.15) is 18.4 Å². The third-order valence-electron chi connectivity index (χ3n) is 4.75. The third-order valence-corrected chi connectivity index (χ3v) is 6.63. The number of carbonyl (C=O) groups is 1. The van der Waals surface area contributed by atoms with E-state index in [9.17, 15) is 17.6 Å². The molecule has 0 spiro atoms. The molecule has 1 unspecified atom stereocenters. The molecular weight excluding hydrogens is 411 g/mol. The van der Waals surface area contributed by atoms with Gasteiger partial charge in [0.05, 0.1) is 22.4 Å². The second-order valence-electron chi connectivity index (χ2n) is 6.81. The van der Waals surface area contributed by atoms with E-state index in [4.69, 9.17) is 14.7 Å². The first kappa shape index (κ1) is 21.7. The number of rotatable bonds is 7. The summed E-state index contributed by atoms with van der Waals surface area (Å²) in [4.78, 5) is 12.4. The lowest BCUT2D eigenvalue weighted by molar-refractivity contribution is -0.150. The van der Waals surface area contributed by atoms with Crippen molar-refractivity contribution in [1.29, 1.82) is 5.26 Å². The highest BCUT2D eigenvalue weighted by Gasteiger charge is 2.34. The fraction of sp³-hybridized carbons (Fsp3) is 0.333. The average Bonchev–Trinajstić information content (AvgIpc) is 2.77. The van der Waals surface area contributed by atoms with Gasteiger partial charge in [0.15, 0.2) is 0 Å². The summed E-state index contributed by atoms with van der Waals surface area (Å²) in [5.41, 5.74) is 0.520. The number of nitriles is 1. The first-order valence-electron chi connectivity index (χ1n) is 9.45. The summed E-state index contributed by atoms with van der Waals surface area (Å²) < 4.78 is 50.5. The summed E-state index contributed by atoms with van der Waals surface area (Å²) in [6.07, 6.45) is 1.06. The Labute approximate surface area is 174 Å². The van der Waals surface area contributed by atoms with Crippen molar-refractivity contribution in [2.45, 2.75) is 17.7 Å². The highest BCUT2D eigenvalue weighted by Crippen LogP contribution is 2.24. The Kier molecular flexibility index (Phi) is 7.03. The molecule has 0 aromatic heterocycles. The molecular formula is C21H21FN2O5S. The van der Waals surface area contributed by atoms with E-state index < -0.39 is 27.7 Å². The molecule has 1 fully saturated rings. The fourth-order valence-corrected chi connectivity index (χ4v) is 4.68. The lowest BCUT2D eigenvalue weighted by atomic mass is 10.0. The third kappa shape index (κ3) is 5.34. The van der Waals surface area contributed by atoms with Crippen LogP contribution in [0, 0.1) is 23.1 Å². The standard InChI is InChI=1S/C21H21FN2O5S/c22-18-5-9-20(10-6-18)30(26,27)24-11-1-2-17(15-24)21(25)29-13-12-28-19-7-3-16(14-23)4-8-19/h3-10,17H,1-2,11-13,15H2. The highest BCUT2D eigenvalue weighted by molar-refractivity contribution is 7.89. The maximum atomic E-state index is 13.1. The monoisotopic (exact) mass is 432 g/mol. The maximum absolute atomic E-state index is 13.1. The SMILES string of the molecule is N#Cc1ccc(OCCOC(=O)C2CCCN(S(=O)(=O)c3ccc(F)cc3)C2)cc1. The molecule has 3 rings (SSSR count). The zero-order valence-corrected chi connectivity index (χ0v) is 17.0. The van der Waals surface area contributed by atoms with E-state index in [0.29, 0.717) is 30.7 Å². The van der Waals surface area contributed by atoms with Crippen LogP contribution in [-0.4, -0.2) is 45.0 Å². The van der Waals surface area contributed by atoms with Gasteiger partial charge in [0, 0.05) is 13.1 Å². The Morgan fingerprint density at radius 2 is 1.83 bits per heavy atom. The van der Waals surface area contributed by atoms with Crippen molar-refractivity contribution < 1.29 is 27.1 Å². The van der Waals surface area contributed by atoms with Gasteiger partial charge in [0.1, 0.15) is 24.8 Å². The second-order valence-corrected chi connectivity index (χ2v) is 8.75. The molecule has 30 heavy (non-hydrogen) atoms. The molecule has 2 aromatic rings. The molecule has 0 N–H and O–H groups in total. The van der Waals surface area contributed by atoms with Crippen molar-refractivity contribution in [3.05, 3.63) is 59.9 Å². The molecule has 0 bridgehead atoms. The minimum atomic E-state index is -3.80. The van der Waals surface area contributed by atoms with Crippen molar-refractivity contribution in [1.82, 2.24) is 4.31 Å². The fourth-order valence-electron chi connectivity index (χ4n) is 3.15.